The molecule has 0 N–H and O–H groups in total. The standard InChI is InChI=1S/C13H10Cl2N2O2/c1-2-19-13(18)10-7-16-12(17-11(10)15)8-3-5-9(14)6-4-8/h3-7H,2H2,1H3. The molecular weight excluding hydrogens is 287 g/mol. The number of halogens is 2. The van der Waals surface area contributed by atoms with E-state index in [9.17, 15) is 4.79 Å². The number of rotatable bonds is 3. The summed E-state index contributed by atoms with van der Waals surface area (Å²) in [5, 5.41) is 0.691. The van der Waals surface area contributed by atoms with E-state index in [1.807, 2.05) is 0 Å². The Labute approximate surface area is 120 Å². The van der Waals surface area contributed by atoms with Gasteiger partial charge in [-0.3, -0.25) is 0 Å². The first-order chi connectivity index (χ1) is 9.11. The van der Waals surface area contributed by atoms with Crippen LogP contribution >= 0.6 is 23.2 Å². The van der Waals surface area contributed by atoms with Gasteiger partial charge in [-0.1, -0.05) is 23.2 Å². The molecule has 0 saturated carbocycles. The molecule has 0 saturated heterocycles. The third kappa shape index (κ3) is 3.22. The van der Waals surface area contributed by atoms with Crippen LogP contribution in [0.2, 0.25) is 10.2 Å². The molecule has 6 heteroatoms. The molecule has 0 aliphatic rings. The minimum absolute atomic E-state index is 0.0680. The molecule has 0 fully saturated rings. The predicted molar refractivity (Wildman–Crippen MR) is 73.4 cm³/mol. The Bertz CT molecular complexity index is 600. The lowest BCUT2D eigenvalue weighted by Gasteiger charge is -2.05. The Balaban J connectivity index is 2.33. The number of nitrogens with zero attached hydrogens (tertiary/aromatic N) is 2. The average molecular weight is 297 g/mol. The highest BCUT2D eigenvalue weighted by molar-refractivity contribution is 6.32. The van der Waals surface area contributed by atoms with E-state index in [2.05, 4.69) is 9.97 Å². The number of hydrogen-bond donors (Lipinski definition) is 0. The smallest absolute Gasteiger partial charge is 0.342 e. The van der Waals surface area contributed by atoms with E-state index >= 15 is 0 Å². The van der Waals surface area contributed by atoms with Crippen LogP contribution < -0.4 is 0 Å². The van der Waals surface area contributed by atoms with Crippen LogP contribution in [0.25, 0.3) is 11.4 Å². The second-order valence-corrected chi connectivity index (χ2v) is 4.42. The molecule has 2 aromatic rings. The molecule has 0 unspecified atom stereocenters. The van der Waals surface area contributed by atoms with Crippen molar-refractivity contribution in [3.63, 3.8) is 0 Å². The SMILES string of the molecule is CCOC(=O)c1cnc(-c2ccc(Cl)cc2)nc1Cl. The Kier molecular flexibility index (Phi) is 4.35. The molecule has 0 radical (unpaired) electrons. The first-order valence-corrected chi connectivity index (χ1v) is 6.33. The highest BCUT2D eigenvalue weighted by atomic mass is 35.5. The zero-order valence-electron chi connectivity index (χ0n) is 10.1. The average Bonchev–Trinajstić information content (AvgIpc) is 2.39. The van der Waals surface area contributed by atoms with Gasteiger partial charge in [-0.2, -0.15) is 0 Å². The fourth-order valence-corrected chi connectivity index (χ4v) is 1.78. The maximum atomic E-state index is 11.6. The lowest BCUT2D eigenvalue weighted by Crippen LogP contribution is -2.07. The van der Waals surface area contributed by atoms with Crippen LogP contribution in [0.15, 0.2) is 30.5 Å². The molecule has 0 bridgehead atoms. The third-order valence-electron chi connectivity index (χ3n) is 2.34. The third-order valence-corrected chi connectivity index (χ3v) is 2.88. The molecule has 4 nitrogen and oxygen atoms in total. The van der Waals surface area contributed by atoms with Gasteiger partial charge in [-0.05, 0) is 31.2 Å². The van der Waals surface area contributed by atoms with Gasteiger partial charge in [0.2, 0.25) is 0 Å². The zero-order chi connectivity index (χ0) is 13.8. The minimum Gasteiger partial charge on any atom is -0.462 e. The summed E-state index contributed by atoms with van der Waals surface area (Å²) in [5.74, 6) is -0.107. The summed E-state index contributed by atoms with van der Waals surface area (Å²) in [6.07, 6.45) is 1.36. The normalized spacial score (nSPS) is 10.3. The fraction of sp³-hybridized carbons (Fsp3) is 0.154. The summed E-state index contributed by atoms with van der Waals surface area (Å²) < 4.78 is 4.85. The molecule has 2 rings (SSSR count). The van der Waals surface area contributed by atoms with Crippen molar-refractivity contribution in [2.24, 2.45) is 0 Å². The molecule has 19 heavy (non-hydrogen) atoms. The van der Waals surface area contributed by atoms with Crippen molar-refractivity contribution in [1.82, 2.24) is 9.97 Å². The van der Waals surface area contributed by atoms with Crippen LogP contribution in [-0.4, -0.2) is 22.5 Å². The van der Waals surface area contributed by atoms with Crippen molar-refractivity contribution in [2.75, 3.05) is 6.61 Å². The monoisotopic (exact) mass is 296 g/mol. The maximum Gasteiger partial charge on any atom is 0.342 e. The van der Waals surface area contributed by atoms with E-state index in [1.165, 1.54) is 6.20 Å². The van der Waals surface area contributed by atoms with E-state index in [0.717, 1.165) is 5.56 Å². The quantitative estimate of drug-likeness (QED) is 0.641. The lowest BCUT2D eigenvalue weighted by atomic mass is 10.2. The van der Waals surface area contributed by atoms with Gasteiger partial charge in [0.05, 0.1) is 6.61 Å². The number of aromatic nitrogens is 2. The van der Waals surface area contributed by atoms with Gasteiger partial charge < -0.3 is 4.74 Å². The van der Waals surface area contributed by atoms with Crippen LogP contribution in [0.4, 0.5) is 0 Å². The highest BCUT2D eigenvalue weighted by Crippen LogP contribution is 2.21. The topological polar surface area (TPSA) is 52.1 Å². The summed E-state index contributed by atoms with van der Waals surface area (Å²) in [5.41, 5.74) is 0.919. The van der Waals surface area contributed by atoms with E-state index < -0.39 is 5.97 Å². The van der Waals surface area contributed by atoms with Crippen LogP contribution in [0, 0.1) is 0 Å². The van der Waals surface area contributed by atoms with E-state index in [-0.39, 0.29) is 17.3 Å². The Hall–Kier alpha value is -1.65. The number of hydrogen-bond acceptors (Lipinski definition) is 4. The molecule has 98 valence electrons. The molecule has 1 aromatic heterocycles. The zero-order valence-corrected chi connectivity index (χ0v) is 11.6. The summed E-state index contributed by atoms with van der Waals surface area (Å²) in [7, 11) is 0. The van der Waals surface area contributed by atoms with Gasteiger partial charge in [0.25, 0.3) is 0 Å². The number of benzene rings is 1. The van der Waals surface area contributed by atoms with Crippen LogP contribution in [-0.2, 0) is 4.74 Å². The van der Waals surface area contributed by atoms with Crippen LogP contribution in [0.5, 0.6) is 0 Å². The van der Waals surface area contributed by atoms with Crippen molar-refractivity contribution in [1.29, 1.82) is 0 Å². The lowest BCUT2D eigenvalue weighted by molar-refractivity contribution is 0.0525. The second-order valence-electron chi connectivity index (χ2n) is 3.63. The molecular formula is C13H10Cl2N2O2. The molecule has 1 aromatic carbocycles. The van der Waals surface area contributed by atoms with Gasteiger partial charge in [0.1, 0.15) is 10.7 Å². The summed E-state index contributed by atoms with van der Waals surface area (Å²) in [6, 6.07) is 7.01. The molecule has 0 amide bonds. The van der Waals surface area contributed by atoms with E-state index in [1.54, 1.807) is 31.2 Å². The fourth-order valence-electron chi connectivity index (χ4n) is 1.44. The van der Waals surface area contributed by atoms with E-state index in [4.69, 9.17) is 27.9 Å². The van der Waals surface area contributed by atoms with Gasteiger partial charge in [0, 0.05) is 16.8 Å². The Morgan fingerprint density at radius 1 is 1.26 bits per heavy atom. The summed E-state index contributed by atoms with van der Waals surface area (Å²) in [4.78, 5) is 19.7. The van der Waals surface area contributed by atoms with Crippen molar-refractivity contribution in [2.45, 2.75) is 6.92 Å². The van der Waals surface area contributed by atoms with E-state index in [0.29, 0.717) is 10.8 Å². The van der Waals surface area contributed by atoms with Gasteiger partial charge >= 0.3 is 5.97 Å². The van der Waals surface area contributed by atoms with Gasteiger partial charge in [-0.25, -0.2) is 14.8 Å². The number of carbonyl (C=O) groups excluding carboxylic acids is 1. The molecule has 0 aliphatic carbocycles. The molecule has 0 aliphatic heterocycles. The maximum absolute atomic E-state index is 11.6. The highest BCUT2D eigenvalue weighted by Gasteiger charge is 2.14. The van der Waals surface area contributed by atoms with Crippen LogP contribution in [0.3, 0.4) is 0 Å². The van der Waals surface area contributed by atoms with Gasteiger partial charge in [0.15, 0.2) is 5.82 Å². The van der Waals surface area contributed by atoms with Crippen molar-refractivity contribution < 1.29 is 9.53 Å². The van der Waals surface area contributed by atoms with Gasteiger partial charge in [-0.15, -0.1) is 0 Å². The van der Waals surface area contributed by atoms with Crippen molar-refractivity contribution in [3.8, 4) is 11.4 Å². The number of carbonyl (C=O) groups is 1. The van der Waals surface area contributed by atoms with Crippen molar-refractivity contribution in [3.05, 3.63) is 46.2 Å². The second kappa shape index (κ2) is 5.99. The predicted octanol–water partition coefficient (Wildman–Crippen LogP) is 3.63. The van der Waals surface area contributed by atoms with Crippen LogP contribution in [0.1, 0.15) is 17.3 Å². The first kappa shape index (κ1) is 13.8. The number of ether oxygens (including phenoxy) is 1. The summed E-state index contributed by atoms with van der Waals surface area (Å²) >= 11 is 11.8. The number of esters is 1. The summed E-state index contributed by atoms with van der Waals surface area (Å²) in [6.45, 7) is 1.99. The Morgan fingerprint density at radius 3 is 2.53 bits per heavy atom. The molecule has 0 atom stereocenters. The van der Waals surface area contributed by atoms with Crippen molar-refractivity contribution >= 4 is 29.2 Å². The first-order valence-electron chi connectivity index (χ1n) is 5.57. The largest absolute Gasteiger partial charge is 0.462 e. The molecule has 0 spiro atoms. The minimum atomic E-state index is -0.532. The Morgan fingerprint density at radius 2 is 1.95 bits per heavy atom. The molecule has 1 heterocycles.